The van der Waals surface area contributed by atoms with Gasteiger partial charge in [-0.25, -0.2) is 0 Å². The highest BCUT2D eigenvalue weighted by Gasteiger charge is 2.44. The highest BCUT2D eigenvalue weighted by Crippen LogP contribution is 2.32. The monoisotopic (exact) mass is 317 g/mol. The third kappa shape index (κ3) is 4.24. The molecule has 0 fully saturated rings. The molecular formula is C11H12ClF4NO3. The maximum atomic E-state index is 12.8. The van der Waals surface area contributed by atoms with Gasteiger partial charge in [-0.3, -0.25) is 4.79 Å². The van der Waals surface area contributed by atoms with Crippen LogP contribution >= 0.6 is 12.4 Å². The molecule has 20 heavy (non-hydrogen) atoms. The van der Waals surface area contributed by atoms with Crippen LogP contribution in [0.1, 0.15) is 11.6 Å². The fourth-order valence-electron chi connectivity index (χ4n) is 1.28. The first-order chi connectivity index (χ1) is 8.79. The second kappa shape index (κ2) is 7.30. The fourth-order valence-corrected chi connectivity index (χ4v) is 1.28. The number of ether oxygens (including phenoxy) is 2. The first-order valence-electron chi connectivity index (χ1n) is 5.07. The zero-order valence-electron chi connectivity index (χ0n) is 10.2. The van der Waals surface area contributed by atoms with Crippen LogP contribution in [0.15, 0.2) is 24.3 Å². The summed E-state index contributed by atoms with van der Waals surface area (Å²) in [5.74, 6) is -1.51. The van der Waals surface area contributed by atoms with Crippen molar-refractivity contribution in [2.24, 2.45) is 5.73 Å². The Balaban J connectivity index is 0.00000361. The Hall–Kier alpha value is -1.54. The summed E-state index contributed by atoms with van der Waals surface area (Å²) in [7, 11) is 1.05. The van der Waals surface area contributed by atoms with E-state index in [4.69, 9.17) is 5.73 Å². The van der Waals surface area contributed by atoms with Gasteiger partial charge in [0.2, 0.25) is 0 Å². The lowest BCUT2D eigenvalue weighted by Gasteiger charge is -2.20. The number of nitrogens with two attached hydrogens (primary N) is 1. The van der Waals surface area contributed by atoms with Crippen LogP contribution in [0.3, 0.4) is 0 Å². The van der Waals surface area contributed by atoms with Crippen molar-refractivity contribution in [3.05, 3.63) is 29.8 Å². The lowest BCUT2D eigenvalue weighted by atomic mass is 10.1. The zero-order valence-corrected chi connectivity index (χ0v) is 11.0. The van der Waals surface area contributed by atoms with Crippen molar-refractivity contribution in [1.29, 1.82) is 0 Å². The van der Waals surface area contributed by atoms with E-state index in [0.717, 1.165) is 13.2 Å². The molecule has 0 saturated carbocycles. The molecule has 0 aliphatic carbocycles. The van der Waals surface area contributed by atoms with Gasteiger partial charge in [0.25, 0.3) is 0 Å². The van der Waals surface area contributed by atoms with Gasteiger partial charge in [0.05, 0.1) is 7.11 Å². The first kappa shape index (κ1) is 18.5. The summed E-state index contributed by atoms with van der Waals surface area (Å²) in [5.41, 5.74) is 5.29. The van der Waals surface area contributed by atoms with Gasteiger partial charge in [0.1, 0.15) is 11.8 Å². The summed E-state index contributed by atoms with van der Waals surface area (Å²) in [6.07, 6.45) is -8.68. The van der Waals surface area contributed by atoms with E-state index in [1.807, 2.05) is 0 Å². The minimum atomic E-state index is -4.67. The third-order valence-corrected chi connectivity index (χ3v) is 2.21. The van der Waals surface area contributed by atoms with E-state index in [1.54, 1.807) is 0 Å². The number of hydrogen-bond acceptors (Lipinski definition) is 4. The average molecular weight is 318 g/mol. The molecule has 0 aliphatic heterocycles. The van der Waals surface area contributed by atoms with Gasteiger partial charge in [0.15, 0.2) is 0 Å². The third-order valence-electron chi connectivity index (χ3n) is 2.21. The molecule has 9 heteroatoms. The van der Waals surface area contributed by atoms with Crippen molar-refractivity contribution >= 4 is 18.4 Å². The van der Waals surface area contributed by atoms with Crippen molar-refractivity contribution in [1.82, 2.24) is 0 Å². The zero-order chi connectivity index (χ0) is 14.6. The van der Waals surface area contributed by atoms with E-state index in [2.05, 4.69) is 9.47 Å². The number of hydrogen-bond donors (Lipinski definition) is 1. The van der Waals surface area contributed by atoms with E-state index >= 15 is 0 Å². The SMILES string of the molecule is COC(=O)[C@@H](N)c1ccccc1OC(F)(F)C(F)F.Cl. The number of alkyl halides is 4. The predicted molar refractivity (Wildman–Crippen MR) is 64.2 cm³/mol. The summed E-state index contributed by atoms with van der Waals surface area (Å²) in [6, 6.07) is 3.48. The lowest BCUT2D eigenvalue weighted by molar-refractivity contribution is -0.253. The van der Waals surface area contributed by atoms with Gasteiger partial charge >= 0.3 is 18.5 Å². The summed E-state index contributed by atoms with van der Waals surface area (Å²) in [6.45, 7) is 0. The van der Waals surface area contributed by atoms with Gasteiger partial charge in [-0.1, -0.05) is 18.2 Å². The number of para-hydroxylation sites is 1. The molecule has 1 aromatic carbocycles. The van der Waals surface area contributed by atoms with Crippen LogP contribution in [0.25, 0.3) is 0 Å². The lowest BCUT2D eigenvalue weighted by Crippen LogP contribution is -2.34. The van der Waals surface area contributed by atoms with Gasteiger partial charge in [-0.2, -0.15) is 17.6 Å². The minimum Gasteiger partial charge on any atom is -0.468 e. The number of esters is 1. The maximum absolute atomic E-state index is 12.8. The van der Waals surface area contributed by atoms with Crippen LogP contribution in [0.4, 0.5) is 17.6 Å². The van der Waals surface area contributed by atoms with Crippen LogP contribution in [-0.4, -0.2) is 25.6 Å². The molecule has 0 heterocycles. The molecular weight excluding hydrogens is 306 g/mol. The van der Waals surface area contributed by atoms with Crippen molar-refractivity contribution in [2.75, 3.05) is 7.11 Å². The molecule has 0 amide bonds. The fraction of sp³-hybridized carbons (Fsp3) is 0.364. The van der Waals surface area contributed by atoms with Crippen molar-refractivity contribution in [2.45, 2.75) is 18.6 Å². The molecule has 0 spiro atoms. The van der Waals surface area contributed by atoms with Crippen molar-refractivity contribution in [3.8, 4) is 5.75 Å². The second-order valence-electron chi connectivity index (χ2n) is 3.50. The van der Waals surface area contributed by atoms with Gasteiger partial charge in [-0.15, -0.1) is 12.4 Å². The topological polar surface area (TPSA) is 61.5 Å². The average Bonchev–Trinajstić information content (AvgIpc) is 2.37. The Morgan fingerprint density at radius 3 is 2.35 bits per heavy atom. The molecule has 2 N–H and O–H groups in total. The molecule has 0 aliphatic rings. The molecule has 0 bridgehead atoms. The molecule has 4 nitrogen and oxygen atoms in total. The number of halogens is 5. The quantitative estimate of drug-likeness (QED) is 0.669. The van der Waals surface area contributed by atoms with Gasteiger partial charge in [-0.05, 0) is 6.07 Å². The molecule has 0 radical (unpaired) electrons. The number of carbonyl (C=O) groups is 1. The largest absolute Gasteiger partial charge is 0.468 e. The highest BCUT2D eigenvalue weighted by molar-refractivity contribution is 5.85. The Morgan fingerprint density at radius 2 is 1.85 bits per heavy atom. The van der Waals surface area contributed by atoms with Crippen LogP contribution in [-0.2, 0) is 9.53 Å². The summed E-state index contributed by atoms with van der Waals surface area (Å²) < 4.78 is 58.1. The van der Waals surface area contributed by atoms with Crippen LogP contribution in [0, 0.1) is 0 Å². The van der Waals surface area contributed by atoms with Crippen LogP contribution < -0.4 is 10.5 Å². The van der Waals surface area contributed by atoms with Crippen LogP contribution in [0.5, 0.6) is 5.75 Å². The van der Waals surface area contributed by atoms with Crippen molar-refractivity contribution < 1.29 is 31.8 Å². The summed E-state index contributed by atoms with van der Waals surface area (Å²) in [5, 5.41) is 0. The molecule has 0 aromatic heterocycles. The Bertz CT molecular complexity index is 459. The van der Waals surface area contributed by atoms with Gasteiger partial charge in [0, 0.05) is 5.56 Å². The Labute approximate surface area is 118 Å². The molecule has 0 unspecified atom stereocenters. The second-order valence-corrected chi connectivity index (χ2v) is 3.50. The molecule has 1 aromatic rings. The molecule has 1 atom stereocenters. The van der Waals surface area contributed by atoms with E-state index in [9.17, 15) is 22.4 Å². The summed E-state index contributed by atoms with van der Waals surface area (Å²) >= 11 is 0. The number of methoxy groups -OCH3 is 1. The molecule has 1 rings (SSSR count). The first-order valence-corrected chi connectivity index (χ1v) is 5.07. The Kier molecular flexibility index (Phi) is 6.74. The van der Waals surface area contributed by atoms with E-state index in [1.165, 1.54) is 18.2 Å². The normalized spacial score (nSPS) is 12.6. The molecule has 114 valence electrons. The Morgan fingerprint density at radius 1 is 1.30 bits per heavy atom. The maximum Gasteiger partial charge on any atom is 0.461 e. The number of carbonyl (C=O) groups excluding carboxylic acids is 1. The summed E-state index contributed by atoms with van der Waals surface area (Å²) in [4.78, 5) is 11.2. The van der Waals surface area contributed by atoms with E-state index in [-0.39, 0.29) is 18.0 Å². The number of rotatable bonds is 5. The molecule has 0 saturated heterocycles. The van der Waals surface area contributed by atoms with Crippen molar-refractivity contribution in [3.63, 3.8) is 0 Å². The van der Waals surface area contributed by atoms with Gasteiger partial charge < -0.3 is 15.2 Å². The predicted octanol–water partition coefficient (Wildman–Crippen LogP) is 2.52. The van der Waals surface area contributed by atoms with E-state index in [0.29, 0.717) is 0 Å². The van der Waals surface area contributed by atoms with Crippen LogP contribution in [0.2, 0.25) is 0 Å². The standard InChI is InChI=1S/C11H11F4NO3.ClH/c1-18-9(17)8(16)6-4-2-3-5-7(6)19-11(14,15)10(12)13;/h2-5,8,10H,16H2,1H3;1H/t8-;/m0./s1. The van der Waals surface area contributed by atoms with E-state index < -0.39 is 30.3 Å². The minimum absolute atomic E-state index is 0. The number of benzene rings is 1. The smallest absolute Gasteiger partial charge is 0.461 e. The highest BCUT2D eigenvalue weighted by atomic mass is 35.5.